The molecule has 3 rings (SSSR count). The Morgan fingerprint density at radius 1 is 1.05 bits per heavy atom. The van der Waals surface area contributed by atoms with E-state index in [-0.39, 0.29) is 5.91 Å². The van der Waals surface area contributed by atoms with Gasteiger partial charge in [-0.2, -0.15) is 0 Å². The van der Waals surface area contributed by atoms with E-state index in [0.717, 1.165) is 21.1 Å². The van der Waals surface area contributed by atoms with Gasteiger partial charge in [-0.1, -0.05) is 62.0 Å². The van der Waals surface area contributed by atoms with Crippen LogP contribution in [-0.4, -0.2) is 5.91 Å². The summed E-state index contributed by atoms with van der Waals surface area (Å²) in [6.45, 7) is 4.35. The number of carbonyl (C=O) groups is 1. The number of rotatable bonds is 2. The zero-order valence-corrected chi connectivity index (χ0v) is 12.9. The molecule has 0 saturated heterocycles. The number of anilines is 1. The van der Waals surface area contributed by atoms with Crippen LogP contribution in [0.5, 0.6) is 0 Å². The molecule has 1 heterocycles. The summed E-state index contributed by atoms with van der Waals surface area (Å²) in [7, 11) is 0. The lowest BCUT2D eigenvalue weighted by Crippen LogP contribution is -2.17. The van der Waals surface area contributed by atoms with Gasteiger partial charge in [0.15, 0.2) is 0 Å². The molecular weight excluding hydrogens is 278 g/mol. The SMILES string of the molecule is CC(C)c1ccc(/C=C2\Sc3ccccc3NC2=O)cc1. The highest BCUT2D eigenvalue weighted by Gasteiger charge is 2.20. The molecule has 0 bridgehead atoms. The molecule has 0 saturated carbocycles. The van der Waals surface area contributed by atoms with Gasteiger partial charge in [-0.3, -0.25) is 4.79 Å². The van der Waals surface area contributed by atoms with Crippen molar-refractivity contribution >= 4 is 29.4 Å². The standard InChI is InChI=1S/C18H17NOS/c1-12(2)14-9-7-13(8-10-14)11-17-18(20)19-15-5-3-4-6-16(15)21-17/h3-12H,1-2H3,(H,19,20)/b17-11-. The van der Waals surface area contributed by atoms with Gasteiger partial charge in [0.1, 0.15) is 0 Å². The van der Waals surface area contributed by atoms with Crippen molar-refractivity contribution in [1.29, 1.82) is 0 Å². The Bertz CT molecular complexity index is 701. The highest BCUT2D eigenvalue weighted by Crippen LogP contribution is 2.38. The molecule has 0 aliphatic carbocycles. The molecule has 0 atom stereocenters. The Kier molecular flexibility index (Phi) is 3.84. The van der Waals surface area contributed by atoms with Crippen LogP contribution >= 0.6 is 11.8 Å². The van der Waals surface area contributed by atoms with Gasteiger partial charge >= 0.3 is 0 Å². The van der Waals surface area contributed by atoms with E-state index in [9.17, 15) is 4.79 Å². The minimum Gasteiger partial charge on any atom is -0.320 e. The van der Waals surface area contributed by atoms with E-state index in [1.165, 1.54) is 17.3 Å². The van der Waals surface area contributed by atoms with Crippen molar-refractivity contribution in [1.82, 2.24) is 0 Å². The molecule has 0 fully saturated rings. The second-order valence-corrected chi connectivity index (χ2v) is 6.47. The van der Waals surface area contributed by atoms with Crippen molar-refractivity contribution in [3.05, 3.63) is 64.6 Å². The van der Waals surface area contributed by atoms with Crippen LogP contribution in [0.4, 0.5) is 5.69 Å². The van der Waals surface area contributed by atoms with Gasteiger partial charge in [0.05, 0.1) is 10.6 Å². The molecule has 1 N–H and O–H groups in total. The average molecular weight is 295 g/mol. The highest BCUT2D eigenvalue weighted by atomic mass is 32.2. The number of amides is 1. The van der Waals surface area contributed by atoms with Crippen LogP contribution in [0.2, 0.25) is 0 Å². The number of hydrogen-bond acceptors (Lipinski definition) is 2. The largest absolute Gasteiger partial charge is 0.320 e. The third-order valence-electron chi connectivity index (χ3n) is 3.48. The third-order valence-corrected chi connectivity index (χ3v) is 4.58. The van der Waals surface area contributed by atoms with Crippen LogP contribution in [0.1, 0.15) is 30.9 Å². The molecule has 3 heteroatoms. The molecule has 1 aliphatic heterocycles. The molecule has 0 radical (unpaired) electrons. The Morgan fingerprint density at radius 2 is 1.76 bits per heavy atom. The van der Waals surface area contributed by atoms with Crippen molar-refractivity contribution in [3.8, 4) is 0 Å². The summed E-state index contributed by atoms with van der Waals surface area (Å²) in [6.07, 6.45) is 1.94. The molecule has 106 valence electrons. The predicted octanol–water partition coefficient (Wildman–Crippen LogP) is 4.90. The van der Waals surface area contributed by atoms with Crippen LogP contribution in [0.25, 0.3) is 6.08 Å². The van der Waals surface area contributed by atoms with Gasteiger partial charge in [-0.25, -0.2) is 0 Å². The van der Waals surface area contributed by atoms with E-state index in [0.29, 0.717) is 5.92 Å². The van der Waals surface area contributed by atoms with E-state index in [1.807, 2.05) is 30.3 Å². The first-order valence-corrected chi connectivity index (χ1v) is 7.85. The fraction of sp³-hybridized carbons (Fsp3) is 0.167. The Balaban J connectivity index is 1.88. The van der Waals surface area contributed by atoms with Gasteiger partial charge in [0.25, 0.3) is 5.91 Å². The lowest BCUT2D eigenvalue weighted by Gasteiger charge is -2.18. The summed E-state index contributed by atoms with van der Waals surface area (Å²) in [6, 6.07) is 16.2. The van der Waals surface area contributed by atoms with E-state index in [4.69, 9.17) is 0 Å². The fourth-order valence-corrected chi connectivity index (χ4v) is 3.18. The van der Waals surface area contributed by atoms with E-state index >= 15 is 0 Å². The summed E-state index contributed by atoms with van der Waals surface area (Å²) in [4.78, 5) is 13.9. The number of carbonyl (C=O) groups excluding carboxylic acids is 1. The summed E-state index contributed by atoms with van der Waals surface area (Å²) < 4.78 is 0. The highest BCUT2D eigenvalue weighted by molar-refractivity contribution is 8.04. The first-order chi connectivity index (χ1) is 10.1. The number of thioether (sulfide) groups is 1. The van der Waals surface area contributed by atoms with Gasteiger partial charge in [0, 0.05) is 4.90 Å². The Hall–Kier alpha value is -2.00. The number of para-hydroxylation sites is 1. The van der Waals surface area contributed by atoms with Crippen molar-refractivity contribution in [3.63, 3.8) is 0 Å². The Labute approximate surface area is 129 Å². The first kappa shape index (κ1) is 14.0. The summed E-state index contributed by atoms with van der Waals surface area (Å²) in [5, 5.41) is 2.93. The first-order valence-electron chi connectivity index (χ1n) is 7.03. The van der Waals surface area contributed by atoms with Gasteiger partial charge in [-0.15, -0.1) is 0 Å². The number of fused-ring (bicyclic) bond motifs is 1. The van der Waals surface area contributed by atoms with Crippen LogP contribution < -0.4 is 5.32 Å². The summed E-state index contributed by atoms with van der Waals surface area (Å²) >= 11 is 1.52. The predicted molar refractivity (Wildman–Crippen MR) is 89.4 cm³/mol. The van der Waals surface area contributed by atoms with Crippen LogP contribution in [0.3, 0.4) is 0 Å². The molecule has 1 amide bonds. The molecule has 21 heavy (non-hydrogen) atoms. The van der Waals surface area contributed by atoms with E-state index < -0.39 is 0 Å². The minimum atomic E-state index is -0.0355. The lowest BCUT2D eigenvalue weighted by molar-refractivity contribution is -0.112. The Morgan fingerprint density at radius 3 is 2.48 bits per heavy atom. The van der Waals surface area contributed by atoms with Crippen molar-refractivity contribution < 1.29 is 4.79 Å². The molecule has 0 aromatic heterocycles. The molecule has 0 unspecified atom stereocenters. The molecule has 2 aromatic carbocycles. The zero-order chi connectivity index (χ0) is 14.8. The third kappa shape index (κ3) is 3.03. The smallest absolute Gasteiger partial charge is 0.262 e. The van der Waals surface area contributed by atoms with Gasteiger partial charge in [-0.05, 0) is 35.3 Å². The molecule has 2 aromatic rings. The minimum absolute atomic E-state index is 0.0355. The second-order valence-electron chi connectivity index (χ2n) is 5.38. The fourth-order valence-electron chi connectivity index (χ4n) is 2.23. The van der Waals surface area contributed by atoms with Crippen LogP contribution in [-0.2, 0) is 4.79 Å². The van der Waals surface area contributed by atoms with Crippen molar-refractivity contribution in [2.45, 2.75) is 24.7 Å². The lowest BCUT2D eigenvalue weighted by atomic mass is 10.0. The average Bonchev–Trinajstić information content (AvgIpc) is 2.48. The second kappa shape index (κ2) is 5.78. The number of nitrogens with one attached hydrogen (secondary N) is 1. The molecule has 2 nitrogen and oxygen atoms in total. The van der Waals surface area contributed by atoms with Gasteiger partial charge < -0.3 is 5.32 Å². The quantitative estimate of drug-likeness (QED) is 0.799. The molecule has 1 aliphatic rings. The summed E-state index contributed by atoms with van der Waals surface area (Å²) in [5.41, 5.74) is 3.25. The van der Waals surface area contributed by atoms with Crippen molar-refractivity contribution in [2.24, 2.45) is 0 Å². The number of hydrogen-bond donors (Lipinski definition) is 1. The zero-order valence-electron chi connectivity index (χ0n) is 12.1. The maximum Gasteiger partial charge on any atom is 0.262 e. The van der Waals surface area contributed by atoms with E-state index in [1.54, 1.807) is 0 Å². The molecule has 0 spiro atoms. The monoisotopic (exact) mass is 295 g/mol. The normalized spacial score (nSPS) is 16.0. The maximum absolute atomic E-state index is 12.1. The topological polar surface area (TPSA) is 29.1 Å². The maximum atomic E-state index is 12.1. The van der Waals surface area contributed by atoms with Crippen LogP contribution in [0.15, 0.2) is 58.3 Å². The summed E-state index contributed by atoms with van der Waals surface area (Å²) in [5.74, 6) is 0.484. The van der Waals surface area contributed by atoms with E-state index in [2.05, 4.69) is 43.4 Å². The van der Waals surface area contributed by atoms with Crippen LogP contribution in [0, 0.1) is 0 Å². The van der Waals surface area contributed by atoms with Gasteiger partial charge in [0.2, 0.25) is 0 Å². The number of benzene rings is 2. The van der Waals surface area contributed by atoms with Crippen molar-refractivity contribution in [2.75, 3.05) is 5.32 Å². The molecular formula is C18H17NOS.